The standard InChI is InChI=1S/C18H23N7O2P5S.2W/c1-24(2)13-12-15-4-10-18(11-5-15)27-32(33)25(3)19-14-16-6-8-17(9-7-16)26-29-22-20-21-23-30-31-28;;/h4-11,14,31H,1-2,12-13,28H2,3H3;;/q-1;;/b19-14+,21-20+;;. The van der Waals surface area contributed by atoms with Gasteiger partial charge < -0.3 is 23.5 Å². The molecule has 2 aromatic carbocycles. The Labute approximate surface area is 248 Å². The van der Waals surface area contributed by atoms with E-state index in [2.05, 4.69) is 48.3 Å². The van der Waals surface area contributed by atoms with Crippen LogP contribution < -0.4 is 9.05 Å². The molecule has 0 aromatic heterocycles. The maximum atomic E-state index is 5.85. The zero-order valence-corrected chi connectivity index (χ0v) is 30.1. The van der Waals surface area contributed by atoms with Gasteiger partial charge in [0.05, 0.1) is 21.3 Å². The summed E-state index contributed by atoms with van der Waals surface area (Å²) >= 11 is 5.47. The molecular formula is C18H23N7O2P5SW2-. The minimum atomic E-state index is -1.34. The molecule has 0 radical (unpaired) electrons. The molecular weight excluding hydrogens is 901 g/mol. The van der Waals surface area contributed by atoms with E-state index < -0.39 is 7.07 Å². The minimum Gasteiger partial charge on any atom is -0.610 e. The Morgan fingerprint density at radius 3 is 2.31 bits per heavy atom. The van der Waals surface area contributed by atoms with Crippen LogP contribution in [0.1, 0.15) is 11.1 Å². The Morgan fingerprint density at radius 1 is 1.06 bits per heavy atom. The largest absolute Gasteiger partial charge is 0.610 e. The van der Waals surface area contributed by atoms with Crippen molar-refractivity contribution in [3.63, 3.8) is 0 Å². The smallest absolute Gasteiger partial charge is 0.540 e. The van der Waals surface area contributed by atoms with Crippen LogP contribution in [0, 0.1) is 14.1 Å². The van der Waals surface area contributed by atoms with Crippen LogP contribution in [-0.2, 0) is 60.4 Å². The van der Waals surface area contributed by atoms with Gasteiger partial charge in [-0.1, -0.05) is 28.3 Å². The van der Waals surface area contributed by atoms with Crippen molar-refractivity contribution in [2.75, 3.05) is 13.6 Å². The van der Waals surface area contributed by atoms with Gasteiger partial charge in [-0.2, -0.15) is 0 Å². The molecule has 0 saturated carbocycles. The van der Waals surface area contributed by atoms with E-state index in [1.54, 1.807) is 22.9 Å². The summed E-state index contributed by atoms with van der Waals surface area (Å²) in [6.45, 7) is 0.786. The van der Waals surface area contributed by atoms with Crippen molar-refractivity contribution in [2.24, 2.45) is 25.3 Å². The Bertz CT molecular complexity index is 1000. The monoisotopic (exact) mass is 924 g/mol. The van der Waals surface area contributed by atoms with Crippen molar-refractivity contribution in [1.29, 1.82) is 0 Å². The zero-order valence-electron chi connectivity index (χ0n) is 18.6. The van der Waals surface area contributed by atoms with Gasteiger partial charge in [0.1, 0.15) is 5.75 Å². The fraction of sp³-hybridized carbons (Fsp3) is 0.167. The van der Waals surface area contributed by atoms with Crippen LogP contribution in [0.4, 0.5) is 0 Å². The number of nitrogens with zero attached hydrogens (tertiary/aromatic N) is 7. The van der Waals surface area contributed by atoms with Crippen LogP contribution >= 0.6 is 40.6 Å². The molecule has 2 rings (SSSR count). The van der Waals surface area contributed by atoms with E-state index in [0.717, 1.165) is 26.6 Å². The summed E-state index contributed by atoms with van der Waals surface area (Å²) in [4.78, 5) is 9.16. The number of hydrazone groups is 1. The summed E-state index contributed by atoms with van der Waals surface area (Å²) in [5.74, 6) is 1.37. The van der Waals surface area contributed by atoms with E-state index in [9.17, 15) is 0 Å². The molecule has 3 unspecified atom stereocenters. The van der Waals surface area contributed by atoms with Gasteiger partial charge in [-0.05, 0) is 72.4 Å². The first-order valence-corrected chi connectivity index (χ1v) is 16.8. The Hall–Kier alpha value is 0.0266. The van der Waals surface area contributed by atoms with Crippen molar-refractivity contribution < 1.29 is 51.2 Å². The van der Waals surface area contributed by atoms with Crippen LogP contribution in [-0.4, -0.2) is 29.5 Å². The summed E-state index contributed by atoms with van der Waals surface area (Å²) < 4.78 is 12.9. The third-order valence-electron chi connectivity index (χ3n) is 3.72. The van der Waals surface area contributed by atoms with E-state index in [4.69, 9.17) is 20.9 Å². The molecule has 0 saturated heterocycles. The third kappa shape index (κ3) is 15.8. The second-order valence-corrected chi connectivity index (χ2v) is 13.2. The van der Waals surface area contributed by atoms with E-state index >= 15 is 0 Å². The molecule has 35 heavy (non-hydrogen) atoms. The molecule has 0 bridgehead atoms. The molecule has 17 heteroatoms. The normalized spacial score (nSPS) is 12.1. The van der Waals surface area contributed by atoms with Crippen LogP contribution in [0.25, 0.3) is 0 Å². The average molecular weight is 924 g/mol. The molecule has 0 heterocycles. The van der Waals surface area contributed by atoms with Crippen molar-refractivity contribution in [3.8, 4) is 11.5 Å². The van der Waals surface area contributed by atoms with Gasteiger partial charge in [-0.15, -0.1) is 18.9 Å². The van der Waals surface area contributed by atoms with E-state index in [1.807, 2.05) is 48.5 Å². The Balaban J connectivity index is 0.00000578. The predicted octanol–water partition coefficient (Wildman–Crippen LogP) is 7.45. The van der Waals surface area contributed by atoms with E-state index in [0.29, 0.717) is 28.1 Å². The van der Waals surface area contributed by atoms with Gasteiger partial charge in [0.15, 0.2) is 5.75 Å². The summed E-state index contributed by atoms with van der Waals surface area (Å²) in [5.41, 5.74) is 2.08. The molecule has 0 spiro atoms. The molecule has 9 nitrogen and oxygen atoms in total. The van der Waals surface area contributed by atoms with E-state index in [1.165, 1.54) is 5.56 Å². The van der Waals surface area contributed by atoms with Gasteiger partial charge in [0.2, 0.25) is 11.8 Å². The molecule has 0 aliphatic heterocycles. The summed E-state index contributed by atoms with van der Waals surface area (Å²) in [5, 5.41) is 11.5. The topological polar surface area (TPSA) is 86.7 Å². The second kappa shape index (κ2) is 21.0. The molecule has 2 aromatic rings. The van der Waals surface area contributed by atoms with Crippen LogP contribution in [0.15, 0.2) is 73.8 Å². The van der Waals surface area contributed by atoms with Crippen molar-refractivity contribution in [3.05, 3.63) is 73.8 Å². The van der Waals surface area contributed by atoms with Crippen LogP contribution in [0.5, 0.6) is 11.5 Å². The predicted molar refractivity (Wildman–Crippen MR) is 146 cm³/mol. The fourth-order valence-electron chi connectivity index (χ4n) is 2.12. The first kappa shape index (κ1) is 35.0. The molecule has 186 valence electrons. The molecule has 0 aliphatic rings. The summed E-state index contributed by atoms with van der Waals surface area (Å²) in [6.07, 6.45) is 2.59. The fourth-order valence-corrected chi connectivity index (χ4v) is 4.25. The maximum absolute atomic E-state index is 5.85. The first-order chi connectivity index (χ1) is 16.0. The van der Waals surface area contributed by atoms with Gasteiger partial charge in [-0.3, -0.25) is 4.52 Å². The maximum Gasteiger partial charge on any atom is 0.540 e. The van der Waals surface area contributed by atoms with Crippen LogP contribution in [0.3, 0.4) is 0 Å². The molecule has 3 atom stereocenters. The van der Waals surface area contributed by atoms with Gasteiger partial charge in [0.25, 0.3) is 8.60 Å². The number of hydrogen-bond acceptors (Lipinski definition) is 5. The first-order valence-electron chi connectivity index (χ1n) is 9.31. The minimum absolute atomic E-state index is 0. The molecule has 0 amide bonds. The van der Waals surface area contributed by atoms with Gasteiger partial charge >= 0.3 is 7.07 Å². The third-order valence-corrected chi connectivity index (χ3v) is 7.98. The number of benzene rings is 2. The SMILES string of the molecule is [CH2-]N([CH2-])CCc1ccc(O[P+](=S)N(C)/N=C/c2ccc(OP=N/N=N/N=PPP)cc2)cc1.[W].[W]. The van der Waals surface area contributed by atoms with Gasteiger partial charge in [-0.25, -0.2) is 0 Å². The quantitative estimate of drug-likeness (QED) is 0.0686. The van der Waals surface area contributed by atoms with Crippen molar-refractivity contribution in [1.82, 2.24) is 9.68 Å². The summed E-state index contributed by atoms with van der Waals surface area (Å²) in [6, 6.07) is 15.2. The average Bonchev–Trinajstić information content (AvgIpc) is 2.82. The summed E-state index contributed by atoms with van der Waals surface area (Å²) in [7, 11) is 12.3. The molecule has 0 fully saturated rings. The van der Waals surface area contributed by atoms with Gasteiger partial charge in [0, 0.05) is 42.1 Å². The molecule has 0 aliphatic carbocycles. The van der Waals surface area contributed by atoms with Crippen molar-refractivity contribution >= 4 is 58.6 Å². The second-order valence-electron chi connectivity index (χ2n) is 6.18. The van der Waals surface area contributed by atoms with Crippen LogP contribution in [0.2, 0.25) is 0 Å². The number of rotatable bonds is 13. The van der Waals surface area contributed by atoms with Crippen molar-refractivity contribution in [2.45, 2.75) is 6.42 Å². The number of hydrogen-bond donors (Lipinski definition) is 0. The Kier molecular flexibility index (Phi) is 21.0. The Morgan fingerprint density at radius 2 is 1.69 bits per heavy atom. The zero-order chi connectivity index (χ0) is 23.9. The van der Waals surface area contributed by atoms with E-state index in [-0.39, 0.29) is 42.1 Å². The molecule has 0 N–H and O–H groups in total.